The maximum Gasteiger partial charge on any atom is 0.387 e. The Morgan fingerprint density at radius 1 is 1.00 bits per heavy atom. The molecule has 0 saturated heterocycles. The second-order valence-electron chi connectivity index (χ2n) is 6.37. The fourth-order valence-electron chi connectivity index (χ4n) is 2.49. The first kappa shape index (κ1) is 19.8. The molecule has 0 spiro atoms. The van der Waals surface area contributed by atoms with Crippen molar-refractivity contribution in [3.05, 3.63) is 65.7 Å². The van der Waals surface area contributed by atoms with Crippen LogP contribution in [0.2, 0.25) is 0 Å². The van der Waals surface area contributed by atoms with Crippen LogP contribution >= 0.6 is 0 Å². The number of rotatable bonds is 9. The summed E-state index contributed by atoms with van der Waals surface area (Å²) in [6.45, 7) is 1.98. The molecule has 26 heavy (non-hydrogen) atoms. The van der Waals surface area contributed by atoms with Gasteiger partial charge < -0.3 is 10.1 Å². The summed E-state index contributed by atoms with van der Waals surface area (Å²) in [4.78, 5) is 12.0. The van der Waals surface area contributed by atoms with Crippen molar-refractivity contribution in [2.75, 3.05) is 13.1 Å². The van der Waals surface area contributed by atoms with Crippen molar-refractivity contribution in [3.63, 3.8) is 0 Å². The maximum atomic E-state index is 12.3. The molecule has 0 radical (unpaired) electrons. The van der Waals surface area contributed by atoms with Gasteiger partial charge in [0.25, 0.3) is 0 Å². The summed E-state index contributed by atoms with van der Waals surface area (Å²) in [6.07, 6.45) is 0. The Labute approximate surface area is 152 Å². The zero-order chi connectivity index (χ0) is 18.9. The van der Waals surface area contributed by atoms with Crippen LogP contribution in [0.5, 0.6) is 5.75 Å². The minimum atomic E-state index is -2.85. The average Bonchev–Trinajstić information content (AvgIpc) is 2.62. The highest BCUT2D eigenvalue weighted by molar-refractivity contribution is 5.78. The van der Waals surface area contributed by atoms with Crippen LogP contribution in [0.3, 0.4) is 0 Å². The van der Waals surface area contributed by atoms with E-state index < -0.39 is 6.61 Å². The van der Waals surface area contributed by atoms with Gasteiger partial charge >= 0.3 is 6.61 Å². The smallest absolute Gasteiger partial charge is 0.387 e. The van der Waals surface area contributed by atoms with Crippen LogP contribution in [0.1, 0.15) is 31.0 Å². The van der Waals surface area contributed by atoms with E-state index in [1.54, 1.807) is 12.1 Å². The van der Waals surface area contributed by atoms with Crippen molar-refractivity contribution in [3.8, 4) is 5.75 Å². The molecule has 0 aliphatic heterocycles. The number of hydrogen-bond acceptors (Lipinski definition) is 3. The summed E-state index contributed by atoms with van der Waals surface area (Å²) in [5.41, 5.74) is 1.83. The van der Waals surface area contributed by atoms with Gasteiger partial charge in [-0.15, -0.1) is 0 Å². The van der Waals surface area contributed by atoms with Crippen molar-refractivity contribution in [2.45, 2.75) is 26.5 Å². The van der Waals surface area contributed by atoms with E-state index in [9.17, 15) is 13.6 Å². The van der Waals surface area contributed by atoms with E-state index in [0.717, 1.165) is 11.1 Å². The van der Waals surface area contributed by atoms with E-state index in [2.05, 4.69) is 15.4 Å². The van der Waals surface area contributed by atoms with Gasteiger partial charge in [-0.25, -0.2) is 0 Å². The van der Waals surface area contributed by atoms with Gasteiger partial charge in [0, 0.05) is 6.54 Å². The molecule has 0 bridgehead atoms. The summed E-state index contributed by atoms with van der Waals surface area (Å²) in [7, 11) is 0. The number of nitrogens with one attached hydrogen (secondary N) is 2. The first-order chi connectivity index (χ1) is 12.5. The Balaban J connectivity index is 2.10. The number of benzene rings is 2. The first-order valence-electron chi connectivity index (χ1n) is 8.55. The molecular formula is C20H24F2N2O2. The minimum Gasteiger partial charge on any atom is -0.435 e. The lowest BCUT2D eigenvalue weighted by atomic mass is 9.98. The Kier molecular flexibility index (Phi) is 7.53. The van der Waals surface area contributed by atoms with Crippen LogP contribution in [0.25, 0.3) is 0 Å². The fourth-order valence-corrected chi connectivity index (χ4v) is 2.49. The molecule has 140 valence electrons. The van der Waals surface area contributed by atoms with Gasteiger partial charge in [0.05, 0.1) is 12.6 Å². The van der Waals surface area contributed by atoms with E-state index >= 15 is 0 Å². The van der Waals surface area contributed by atoms with Gasteiger partial charge in [0.1, 0.15) is 5.75 Å². The first-order valence-corrected chi connectivity index (χ1v) is 8.55. The third-order valence-electron chi connectivity index (χ3n) is 3.75. The maximum absolute atomic E-state index is 12.3. The molecule has 6 heteroatoms. The van der Waals surface area contributed by atoms with Gasteiger partial charge in [-0.2, -0.15) is 8.78 Å². The van der Waals surface area contributed by atoms with Crippen molar-refractivity contribution >= 4 is 5.91 Å². The van der Waals surface area contributed by atoms with Gasteiger partial charge in [0.15, 0.2) is 0 Å². The second kappa shape index (κ2) is 9.87. The highest BCUT2D eigenvalue weighted by atomic mass is 19.3. The molecule has 0 fully saturated rings. The molecule has 2 N–H and O–H groups in total. The van der Waals surface area contributed by atoms with Gasteiger partial charge in [0.2, 0.25) is 5.91 Å². The number of halogens is 2. The van der Waals surface area contributed by atoms with Crippen LogP contribution in [0.15, 0.2) is 54.6 Å². The molecule has 0 aliphatic rings. The third-order valence-corrected chi connectivity index (χ3v) is 3.75. The summed E-state index contributed by atoms with van der Waals surface area (Å²) in [5.74, 6) is 0.397. The molecule has 0 unspecified atom stereocenters. The zero-order valence-electron chi connectivity index (χ0n) is 14.9. The zero-order valence-corrected chi connectivity index (χ0v) is 14.9. The van der Waals surface area contributed by atoms with Crippen LogP contribution < -0.4 is 15.4 Å². The largest absolute Gasteiger partial charge is 0.435 e. The van der Waals surface area contributed by atoms with Crippen LogP contribution in [-0.4, -0.2) is 25.6 Å². The Bertz CT molecular complexity index is 676. The summed E-state index contributed by atoms with van der Waals surface area (Å²) < 4.78 is 29.0. The summed E-state index contributed by atoms with van der Waals surface area (Å²) in [5, 5.41) is 6.10. The number of alkyl halides is 2. The average molecular weight is 362 g/mol. The van der Waals surface area contributed by atoms with E-state index in [1.807, 2.05) is 44.2 Å². The lowest BCUT2D eigenvalue weighted by Gasteiger charge is -2.20. The predicted octanol–water partition coefficient (Wildman–Crippen LogP) is 3.74. The molecule has 1 atom stereocenters. The molecule has 0 aromatic heterocycles. The van der Waals surface area contributed by atoms with Crippen LogP contribution in [0, 0.1) is 5.92 Å². The minimum absolute atomic E-state index is 0.0858. The third kappa shape index (κ3) is 6.44. The van der Waals surface area contributed by atoms with E-state index in [-0.39, 0.29) is 24.2 Å². The number of carbonyl (C=O) groups excluding carboxylic acids is 1. The van der Waals surface area contributed by atoms with Gasteiger partial charge in [-0.05, 0) is 29.2 Å². The monoisotopic (exact) mass is 362 g/mol. The molecule has 0 heterocycles. The molecule has 1 amide bonds. The summed E-state index contributed by atoms with van der Waals surface area (Å²) >= 11 is 0. The van der Waals surface area contributed by atoms with E-state index in [0.29, 0.717) is 12.5 Å². The highest BCUT2D eigenvalue weighted by Gasteiger charge is 2.15. The standard InChI is InChI=1S/C20H24F2N2O2/c1-14(2)12-23-18(25)13-24-19(15-6-4-3-5-7-15)16-8-10-17(11-9-16)26-20(21)22/h3-11,14,19-20,24H,12-13H2,1-2H3,(H,23,25)/t19-/m1/s1. The molecular weight excluding hydrogens is 338 g/mol. The molecule has 4 nitrogen and oxygen atoms in total. The highest BCUT2D eigenvalue weighted by Crippen LogP contribution is 2.24. The molecule has 2 rings (SSSR count). The molecule has 0 saturated carbocycles. The number of amides is 1. The van der Waals surface area contributed by atoms with Crippen LogP contribution in [0.4, 0.5) is 8.78 Å². The Morgan fingerprint density at radius 2 is 1.62 bits per heavy atom. The molecule has 2 aromatic rings. The Morgan fingerprint density at radius 3 is 2.19 bits per heavy atom. The summed E-state index contributed by atoms with van der Waals surface area (Å²) in [6, 6.07) is 15.8. The second-order valence-corrected chi connectivity index (χ2v) is 6.37. The van der Waals surface area contributed by atoms with Crippen molar-refractivity contribution in [2.24, 2.45) is 5.92 Å². The van der Waals surface area contributed by atoms with Crippen molar-refractivity contribution in [1.82, 2.24) is 10.6 Å². The van der Waals surface area contributed by atoms with Gasteiger partial charge in [-0.1, -0.05) is 56.3 Å². The number of hydrogen-bond donors (Lipinski definition) is 2. The van der Waals surface area contributed by atoms with Gasteiger partial charge in [-0.3, -0.25) is 10.1 Å². The molecule has 2 aromatic carbocycles. The lowest BCUT2D eigenvalue weighted by molar-refractivity contribution is -0.120. The number of carbonyl (C=O) groups is 1. The number of ether oxygens (including phenoxy) is 1. The molecule has 0 aliphatic carbocycles. The normalized spacial score (nSPS) is 12.2. The van der Waals surface area contributed by atoms with Crippen LogP contribution in [-0.2, 0) is 4.79 Å². The predicted molar refractivity (Wildman–Crippen MR) is 97.2 cm³/mol. The quantitative estimate of drug-likeness (QED) is 0.714. The van der Waals surface area contributed by atoms with E-state index in [1.165, 1.54) is 12.1 Å². The van der Waals surface area contributed by atoms with Crippen molar-refractivity contribution in [1.29, 1.82) is 0 Å². The topological polar surface area (TPSA) is 50.4 Å². The SMILES string of the molecule is CC(C)CNC(=O)CN[C@H](c1ccccc1)c1ccc(OC(F)F)cc1. The van der Waals surface area contributed by atoms with E-state index in [4.69, 9.17) is 0 Å². The fraction of sp³-hybridized carbons (Fsp3) is 0.350. The van der Waals surface area contributed by atoms with Crippen molar-refractivity contribution < 1.29 is 18.3 Å². The lowest BCUT2D eigenvalue weighted by Crippen LogP contribution is -2.37. The Hall–Kier alpha value is -2.47.